The zero-order valence-electron chi connectivity index (χ0n) is 21.4. The Morgan fingerprint density at radius 3 is 2.15 bits per heavy atom. The standard InChI is InChI=1S/C31H26O10/c32-16-2-3-17-27(9-16)41-30-18-10-24(37)23(36)8-15(18)12-39-31(30)28(17)19-5-14-7-25(38)29(40-26(14)11-21(19)34)13-1-4-20(33)22(35)6-13/h1-6,8-11,25,28-38H,7,12H2. The Bertz CT molecular complexity index is 1700. The number of fused-ring (bicyclic) bond motifs is 5. The van der Waals surface area contributed by atoms with Crippen LogP contribution in [0, 0.1) is 0 Å². The molecule has 10 heteroatoms. The van der Waals surface area contributed by atoms with Crippen LogP contribution in [-0.2, 0) is 17.8 Å². The Morgan fingerprint density at radius 2 is 1.34 bits per heavy atom. The lowest BCUT2D eigenvalue weighted by Gasteiger charge is -2.43. The molecule has 7 rings (SSSR count). The predicted molar refractivity (Wildman–Crippen MR) is 143 cm³/mol. The SMILES string of the molecule is Oc1ccc2c(c1)OC1c3cc(O)c(O)cc3COC1C2c1cc2c(cc1O)OC(c1ccc(O)c(O)c1)C(O)C2. The first-order chi connectivity index (χ1) is 19.7. The van der Waals surface area contributed by atoms with Crippen LogP contribution in [0.1, 0.15) is 51.5 Å². The second-order valence-corrected chi connectivity index (χ2v) is 10.6. The van der Waals surface area contributed by atoms with Crippen molar-refractivity contribution in [2.24, 2.45) is 0 Å². The first-order valence-corrected chi connectivity index (χ1v) is 13.1. The third-order valence-electron chi connectivity index (χ3n) is 8.09. The summed E-state index contributed by atoms with van der Waals surface area (Å²) in [6, 6.07) is 15.0. The van der Waals surface area contributed by atoms with Gasteiger partial charge in [-0.3, -0.25) is 0 Å². The van der Waals surface area contributed by atoms with Crippen LogP contribution in [0.15, 0.2) is 60.7 Å². The number of aliphatic hydroxyl groups excluding tert-OH is 1. The number of rotatable bonds is 2. The minimum absolute atomic E-state index is 0.0102. The van der Waals surface area contributed by atoms with Crippen molar-refractivity contribution in [3.8, 4) is 46.0 Å². The summed E-state index contributed by atoms with van der Waals surface area (Å²) in [5.41, 5.74) is 3.53. The highest BCUT2D eigenvalue weighted by Gasteiger charge is 2.46. The first-order valence-electron chi connectivity index (χ1n) is 13.1. The normalized spacial score (nSPS) is 24.2. The van der Waals surface area contributed by atoms with Crippen LogP contribution in [0.3, 0.4) is 0 Å². The number of aromatic hydroxyl groups is 6. The van der Waals surface area contributed by atoms with Gasteiger partial charge < -0.3 is 50.0 Å². The lowest BCUT2D eigenvalue weighted by atomic mass is 9.77. The van der Waals surface area contributed by atoms with Crippen molar-refractivity contribution in [1.82, 2.24) is 0 Å². The highest BCUT2D eigenvalue weighted by Crippen LogP contribution is 2.54. The van der Waals surface area contributed by atoms with E-state index in [4.69, 9.17) is 14.2 Å². The number of benzene rings is 4. The molecule has 0 bridgehead atoms. The van der Waals surface area contributed by atoms with Crippen LogP contribution in [0.2, 0.25) is 0 Å². The molecule has 0 aliphatic carbocycles. The van der Waals surface area contributed by atoms with Crippen molar-refractivity contribution >= 4 is 0 Å². The molecule has 7 N–H and O–H groups in total. The average molecular weight is 559 g/mol. The molecule has 0 amide bonds. The maximum atomic E-state index is 11.3. The van der Waals surface area contributed by atoms with Gasteiger partial charge in [0.25, 0.3) is 0 Å². The summed E-state index contributed by atoms with van der Waals surface area (Å²) in [5.74, 6) is -1.12. The van der Waals surface area contributed by atoms with E-state index in [1.54, 1.807) is 18.2 Å². The second-order valence-electron chi connectivity index (χ2n) is 10.6. The number of hydrogen-bond acceptors (Lipinski definition) is 10. The fraction of sp³-hybridized carbons (Fsp3) is 0.226. The highest BCUT2D eigenvalue weighted by atomic mass is 16.5. The molecule has 4 aromatic carbocycles. The molecule has 0 fully saturated rings. The molecule has 210 valence electrons. The lowest BCUT2D eigenvalue weighted by molar-refractivity contribution is -0.0714. The van der Waals surface area contributed by atoms with Gasteiger partial charge in [0, 0.05) is 41.2 Å². The predicted octanol–water partition coefficient (Wildman–Crippen LogP) is 4.12. The van der Waals surface area contributed by atoms with Crippen LogP contribution in [-0.4, -0.2) is 48.0 Å². The second kappa shape index (κ2) is 9.12. The van der Waals surface area contributed by atoms with Gasteiger partial charge in [-0.2, -0.15) is 0 Å². The summed E-state index contributed by atoms with van der Waals surface area (Å²) in [7, 11) is 0. The topological polar surface area (TPSA) is 169 Å². The first kappa shape index (κ1) is 25.2. The third kappa shape index (κ3) is 4.02. The number of hydrogen-bond donors (Lipinski definition) is 7. The van der Waals surface area contributed by atoms with E-state index in [2.05, 4.69) is 0 Å². The molecule has 0 saturated heterocycles. The van der Waals surface area contributed by atoms with E-state index in [1.807, 2.05) is 0 Å². The molecule has 4 aromatic rings. The summed E-state index contributed by atoms with van der Waals surface area (Å²) in [6.45, 7) is 0.131. The van der Waals surface area contributed by atoms with Gasteiger partial charge in [0.05, 0.1) is 12.7 Å². The average Bonchev–Trinajstić information content (AvgIpc) is 2.94. The molecule has 0 radical (unpaired) electrons. The summed E-state index contributed by atoms with van der Waals surface area (Å²) in [6.07, 6.45) is -3.00. The Labute approximate surface area is 233 Å². The van der Waals surface area contributed by atoms with E-state index in [1.165, 1.54) is 42.5 Å². The number of phenolic OH excluding ortho intramolecular Hbond substituents is 6. The van der Waals surface area contributed by atoms with Gasteiger partial charge in [-0.25, -0.2) is 0 Å². The van der Waals surface area contributed by atoms with Gasteiger partial charge >= 0.3 is 0 Å². The highest BCUT2D eigenvalue weighted by molar-refractivity contribution is 5.58. The van der Waals surface area contributed by atoms with Crippen LogP contribution >= 0.6 is 0 Å². The molecule has 0 aromatic heterocycles. The van der Waals surface area contributed by atoms with Crippen molar-refractivity contribution in [3.05, 3.63) is 94.0 Å². The Hall–Kier alpha value is -4.80. The fourth-order valence-corrected chi connectivity index (χ4v) is 6.12. The lowest BCUT2D eigenvalue weighted by Crippen LogP contribution is -2.40. The third-order valence-corrected chi connectivity index (χ3v) is 8.09. The van der Waals surface area contributed by atoms with Gasteiger partial charge in [0.1, 0.15) is 35.2 Å². The molecule has 3 heterocycles. The quantitative estimate of drug-likeness (QED) is 0.178. The molecule has 3 aliphatic heterocycles. The monoisotopic (exact) mass is 558 g/mol. The zero-order valence-corrected chi connectivity index (χ0v) is 21.4. The van der Waals surface area contributed by atoms with Crippen LogP contribution in [0.5, 0.6) is 46.0 Å². The van der Waals surface area contributed by atoms with Crippen molar-refractivity contribution in [2.75, 3.05) is 0 Å². The summed E-state index contributed by atoms with van der Waals surface area (Å²) >= 11 is 0. The van der Waals surface area contributed by atoms with Gasteiger partial charge in [0.2, 0.25) is 0 Å². The van der Waals surface area contributed by atoms with Crippen molar-refractivity contribution in [1.29, 1.82) is 0 Å². The maximum absolute atomic E-state index is 11.3. The minimum Gasteiger partial charge on any atom is -0.508 e. The van der Waals surface area contributed by atoms with Gasteiger partial charge in [-0.05, 0) is 53.1 Å². The summed E-state index contributed by atoms with van der Waals surface area (Å²) in [5, 5.41) is 72.4. The zero-order chi connectivity index (χ0) is 28.6. The molecule has 5 atom stereocenters. The molecular formula is C31H26O10. The van der Waals surface area contributed by atoms with E-state index < -0.39 is 30.3 Å². The van der Waals surface area contributed by atoms with Gasteiger partial charge in [-0.1, -0.05) is 12.1 Å². The molecule has 10 nitrogen and oxygen atoms in total. The maximum Gasteiger partial charge on any atom is 0.157 e. The Balaban J connectivity index is 1.31. The van der Waals surface area contributed by atoms with Gasteiger partial charge in [0.15, 0.2) is 29.1 Å². The molecule has 41 heavy (non-hydrogen) atoms. The molecule has 5 unspecified atom stereocenters. The Kier molecular flexibility index (Phi) is 5.60. The number of ether oxygens (including phenoxy) is 3. The smallest absolute Gasteiger partial charge is 0.157 e. The molecule has 3 aliphatic rings. The Morgan fingerprint density at radius 1 is 0.585 bits per heavy atom. The molecule has 0 saturated carbocycles. The molecule has 0 spiro atoms. The van der Waals surface area contributed by atoms with Crippen LogP contribution in [0.4, 0.5) is 0 Å². The van der Waals surface area contributed by atoms with E-state index in [-0.39, 0.29) is 47.5 Å². The van der Waals surface area contributed by atoms with Crippen molar-refractivity contribution in [2.45, 2.75) is 43.4 Å². The molecular weight excluding hydrogens is 532 g/mol. The van der Waals surface area contributed by atoms with E-state index >= 15 is 0 Å². The van der Waals surface area contributed by atoms with Crippen LogP contribution < -0.4 is 9.47 Å². The largest absolute Gasteiger partial charge is 0.508 e. The number of aliphatic hydroxyl groups is 1. The summed E-state index contributed by atoms with van der Waals surface area (Å²) in [4.78, 5) is 0. The van der Waals surface area contributed by atoms with E-state index in [0.29, 0.717) is 44.9 Å². The van der Waals surface area contributed by atoms with E-state index in [9.17, 15) is 35.7 Å². The minimum atomic E-state index is -0.982. The van der Waals surface area contributed by atoms with E-state index in [0.717, 1.165) is 0 Å². The summed E-state index contributed by atoms with van der Waals surface area (Å²) < 4.78 is 18.6. The fourth-order valence-electron chi connectivity index (χ4n) is 6.12. The number of phenols is 6. The van der Waals surface area contributed by atoms with Crippen molar-refractivity contribution < 1.29 is 50.0 Å². The van der Waals surface area contributed by atoms with Crippen molar-refractivity contribution in [3.63, 3.8) is 0 Å². The van der Waals surface area contributed by atoms with Crippen LogP contribution in [0.25, 0.3) is 0 Å². The van der Waals surface area contributed by atoms with Gasteiger partial charge in [-0.15, -0.1) is 0 Å².